The predicted molar refractivity (Wildman–Crippen MR) is 192 cm³/mol. The Labute approximate surface area is 290 Å². The van der Waals surface area contributed by atoms with E-state index >= 15 is 0 Å². The molecule has 0 fully saturated rings. The van der Waals surface area contributed by atoms with Crippen molar-refractivity contribution in [1.29, 1.82) is 0 Å². The molecule has 0 atom stereocenters. The molecule has 0 bridgehead atoms. The summed E-state index contributed by atoms with van der Waals surface area (Å²) in [6, 6.07) is 41.1. The van der Waals surface area contributed by atoms with Crippen molar-refractivity contribution in [2.24, 2.45) is 0 Å². The normalized spacial score (nSPS) is 11.8. The fourth-order valence-corrected chi connectivity index (χ4v) is 9.24. The molecule has 3 aromatic heterocycles. The summed E-state index contributed by atoms with van der Waals surface area (Å²) in [5.41, 5.74) is 9.89. The van der Waals surface area contributed by atoms with Gasteiger partial charge in [-0.1, -0.05) is 78.9 Å². The van der Waals surface area contributed by atoms with Gasteiger partial charge in [0.05, 0.1) is 5.58 Å². The third-order valence-electron chi connectivity index (χ3n) is 8.04. The van der Waals surface area contributed by atoms with Gasteiger partial charge >= 0.3 is 106 Å². The van der Waals surface area contributed by atoms with Crippen LogP contribution in [-0.4, -0.2) is 23.2 Å². The number of furan rings is 1. The number of hydrogen-bond donors (Lipinski definition) is 0. The zero-order valence-corrected chi connectivity index (χ0v) is 31.6. The molecule has 7 aromatic rings. The molecule has 0 aliphatic carbocycles. The second-order valence-corrected chi connectivity index (χ2v) is 23.2. The minimum absolute atomic E-state index is 0. The van der Waals surface area contributed by atoms with Gasteiger partial charge in [0.25, 0.3) is 0 Å². The Morgan fingerprint density at radius 3 is 2.24 bits per heavy atom. The molecule has 3 heterocycles. The second-order valence-electron chi connectivity index (χ2n) is 12.6. The first-order valence-corrected chi connectivity index (χ1v) is 22.7. The second kappa shape index (κ2) is 14.3. The van der Waals surface area contributed by atoms with Crippen LogP contribution in [0.15, 0.2) is 120 Å². The molecule has 0 amide bonds. The molecule has 46 heavy (non-hydrogen) atoms. The summed E-state index contributed by atoms with van der Waals surface area (Å²) >= 11 is -1.77. The first-order chi connectivity index (χ1) is 22.0. The van der Waals surface area contributed by atoms with E-state index < -0.39 is 19.2 Å². The summed E-state index contributed by atoms with van der Waals surface area (Å²) < 4.78 is 16.1. The summed E-state index contributed by atoms with van der Waals surface area (Å²) in [5.74, 6) is 6.51. The summed E-state index contributed by atoms with van der Waals surface area (Å²) in [6.45, 7) is 5.95. The molecule has 7 rings (SSSR count). The van der Waals surface area contributed by atoms with Crippen LogP contribution in [0.5, 0.6) is 0 Å². The van der Waals surface area contributed by atoms with Gasteiger partial charge in [-0.15, -0.1) is 18.2 Å². The maximum absolute atomic E-state index is 8.33. The first-order valence-electron chi connectivity index (χ1n) is 15.8. The summed E-state index contributed by atoms with van der Waals surface area (Å²) in [6.07, 6.45) is 3.83. The van der Waals surface area contributed by atoms with Crippen LogP contribution in [-0.2, 0) is 20.1 Å². The summed E-state index contributed by atoms with van der Waals surface area (Å²) in [5, 5.41) is 2.12. The molecule has 0 saturated carbocycles. The van der Waals surface area contributed by atoms with Gasteiger partial charge in [0, 0.05) is 33.1 Å². The quantitative estimate of drug-likeness (QED) is 0.128. The van der Waals surface area contributed by atoms with E-state index in [1.54, 1.807) is 6.20 Å². The zero-order valence-electron chi connectivity index (χ0n) is 28.1. The molecule has 0 aliphatic rings. The summed E-state index contributed by atoms with van der Waals surface area (Å²) in [4.78, 5) is 9.13. The molecule has 1 radical (unpaired) electrons. The zero-order chi connectivity index (χ0) is 32.5. The number of aryl methyl sites for hydroxylation is 1. The van der Waals surface area contributed by atoms with Crippen molar-refractivity contribution in [1.82, 2.24) is 9.97 Å². The molecule has 3 nitrogen and oxygen atoms in total. The third-order valence-corrected chi connectivity index (χ3v) is 12.5. The smallest absolute Gasteiger partial charge is 0.121 e. The van der Waals surface area contributed by atoms with E-state index in [0.29, 0.717) is 0 Å². The number of pyridine rings is 2. The van der Waals surface area contributed by atoms with Crippen LogP contribution in [0, 0.1) is 19.1 Å². The van der Waals surface area contributed by atoms with E-state index in [1.807, 2.05) is 74.5 Å². The van der Waals surface area contributed by atoms with Gasteiger partial charge in [0.15, 0.2) is 0 Å². The molecule has 0 saturated heterocycles. The molecular weight excluding hydrogens is 801 g/mol. The molecule has 0 N–H and O–H groups in total. The Morgan fingerprint density at radius 2 is 1.54 bits per heavy atom. The molecule has 0 unspecified atom stereocenters. The van der Waals surface area contributed by atoms with Crippen LogP contribution in [0.3, 0.4) is 0 Å². The van der Waals surface area contributed by atoms with E-state index in [0.717, 1.165) is 61.1 Å². The van der Waals surface area contributed by atoms with Gasteiger partial charge in [0.1, 0.15) is 5.58 Å². The van der Waals surface area contributed by atoms with Gasteiger partial charge in [-0.05, 0) is 34.8 Å². The van der Waals surface area contributed by atoms with Gasteiger partial charge in [-0.3, -0.25) is 0 Å². The fourth-order valence-electron chi connectivity index (χ4n) is 5.66. The van der Waals surface area contributed by atoms with Crippen molar-refractivity contribution in [3.8, 4) is 33.6 Å². The minimum atomic E-state index is -1.77. The number of hydrogen-bond acceptors (Lipinski definition) is 3. The van der Waals surface area contributed by atoms with E-state index in [9.17, 15) is 0 Å². The van der Waals surface area contributed by atoms with Crippen LogP contribution in [0.1, 0.15) is 32.2 Å². The molecule has 4 aromatic carbocycles. The number of fused-ring (bicyclic) bond motifs is 3. The van der Waals surface area contributed by atoms with Crippen molar-refractivity contribution >= 4 is 39.6 Å². The van der Waals surface area contributed by atoms with Crippen LogP contribution >= 0.6 is 0 Å². The number of aromatic nitrogens is 2. The van der Waals surface area contributed by atoms with Crippen molar-refractivity contribution in [2.45, 2.75) is 43.9 Å². The van der Waals surface area contributed by atoms with Gasteiger partial charge < -0.3 is 9.40 Å². The average Bonchev–Trinajstić information content (AvgIpc) is 3.43. The van der Waals surface area contributed by atoms with E-state index in [2.05, 4.69) is 95.0 Å². The Hall–Kier alpha value is -3.83. The van der Waals surface area contributed by atoms with Crippen LogP contribution in [0.2, 0.25) is 17.3 Å². The van der Waals surface area contributed by atoms with Crippen LogP contribution in [0.4, 0.5) is 0 Å². The molecule has 233 valence electrons. The minimum Gasteiger partial charge on any atom is -0.501 e. The Balaban J connectivity index is 0.000000207. The standard InChI is InChI=1S/C26H20NO.C15H18GeN.Ir/c1-17(2)19-13-14-27-24(15-19)23-10-6-9-22-21-12-11-20(16-25(21)28-26(22)23)18-7-4-3-5-8-18;1-12-10-15(13-8-6-5-7-9-13)17-11-14(12)16(2,3)4;/h3-9,11-17H,1-2H3;5-8,10-11H,1-4H3;/q2*-1;/i17D;;. The first kappa shape index (κ1) is 32.1. The number of nitrogens with zero attached hydrogens (tertiary/aromatic N) is 2. The third kappa shape index (κ3) is 7.26. The fraction of sp³-hybridized carbons (Fsp3) is 0.171. The SMILES string of the molecule is Cc1cc(-c2[c-]cccc2)nc[c]1[Ge]([CH3])([CH3])[CH3].[2H]C(C)(C)c1ccnc(-c2[c-]ccc3c2oc2cc(-c4ccccc4)ccc23)c1.[Ir]. The van der Waals surface area contributed by atoms with Crippen LogP contribution < -0.4 is 4.40 Å². The van der Waals surface area contributed by atoms with Crippen molar-refractivity contribution in [2.75, 3.05) is 0 Å². The van der Waals surface area contributed by atoms with Crippen molar-refractivity contribution in [3.05, 3.63) is 139 Å². The number of rotatable bonds is 5. The topological polar surface area (TPSA) is 38.9 Å². The van der Waals surface area contributed by atoms with Crippen molar-refractivity contribution in [3.63, 3.8) is 0 Å². The monoisotopic (exact) mass is 842 g/mol. The van der Waals surface area contributed by atoms with Crippen LogP contribution in [0.25, 0.3) is 55.6 Å². The van der Waals surface area contributed by atoms with Gasteiger partial charge in [-0.2, -0.15) is 0 Å². The Kier molecular flexibility index (Phi) is 9.98. The maximum atomic E-state index is 8.33. The van der Waals surface area contributed by atoms with Gasteiger partial charge in [-0.25, -0.2) is 0 Å². The Bertz CT molecular complexity index is 2130. The molecular formula is C41H38GeIrN2O-2. The predicted octanol–water partition coefficient (Wildman–Crippen LogP) is 10.6. The van der Waals surface area contributed by atoms with Gasteiger partial charge in [0.2, 0.25) is 0 Å². The van der Waals surface area contributed by atoms with E-state index in [1.165, 1.54) is 9.96 Å². The van der Waals surface area contributed by atoms with E-state index in [-0.39, 0.29) is 20.1 Å². The average molecular weight is 841 g/mol. The summed E-state index contributed by atoms with van der Waals surface area (Å²) in [7, 11) is 0. The molecule has 0 spiro atoms. The molecule has 5 heteroatoms. The maximum Gasteiger partial charge on any atom is 0.121 e. The van der Waals surface area contributed by atoms with Crippen molar-refractivity contribution < 1.29 is 25.9 Å². The largest absolute Gasteiger partial charge is 0.501 e. The number of benzene rings is 4. The Morgan fingerprint density at radius 1 is 0.761 bits per heavy atom. The van der Waals surface area contributed by atoms with E-state index in [4.69, 9.17) is 5.79 Å². The molecule has 0 aliphatic heterocycles.